The Labute approximate surface area is 174 Å². The molecule has 2 N–H and O–H groups in total. The topological polar surface area (TPSA) is 84.5 Å². The SMILES string of the molecule is Cc1ccccc1NC(=O)COC(=O)CNC(=O)c1ccc(-c2ccccc2)cc1. The van der Waals surface area contributed by atoms with Gasteiger partial charge < -0.3 is 15.4 Å². The van der Waals surface area contributed by atoms with Crippen LogP contribution in [-0.2, 0) is 14.3 Å². The summed E-state index contributed by atoms with van der Waals surface area (Å²) < 4.78 is 4.91. The summed E-state index contributed by atoms with van der Waals surface area (Å²) in [5, 5.41) is 5.17. The lowest BCUT2D eigenvalue weighted by Crippen LogP contribution is -2.32. The number of nitrogens with one attached hydrogen (secondary N) is 2. The van der Waals surface area contributed by atoms with Crippen LogP contribution in [-0.4, -0.2) is 30.9 Å². The number of hydrogen-bond donors (Lipinski definition) is 2. The first-order valence-corrected chi connectivity index (χ1v) is 9.48. The molecule has 6 nitrogen and oxygen atoms in total. The van der Waals surface area contributed by atoms with Crippen molar-refractivity contribution < 1.29 is 19.1 Å². The van der Waals surface area contributed by atoms with Gasteiger partial charge in [-0.2, -0.15) is 0 Å². The smallest absolute Gasteiger partial charge is 0.325 e. The molecule has 0 heterocycles. The molecule has 0 fully saturated rings. The molecule has 3 rings (SSSR count). The van der Waals surface area contributed by atoms with Crippen LogP contribution >= 0.6 is 0 Å². The molecule has 0 radical (unpaired) electrons. The van der Waals surface area contributed by atoms with E-state index in [0.29, 0.717) is 11.3 Å². The fraction of sp³-hybridized carbons (Fsp3) is 0.125. The van der Waals surface area contributed by atoms with Gasteiger partial charge in [-0.05, 0) is 41.8 Å². The largest absolute Gasteiger partial charge is 0.454 e. The van der Waals surface area contributed by atoms with E-state index >= 15 is 0 Å². The van der Waals surface area contributed by atoms with E-state index in [-0.39, 0.29) is 6.54 Å². The summed E-state index contributed by atoms with van der Waals surface area (Å²) >= 11 is 0. The highest BCUT2D eigenvalue weighted by Crippen LogP contribution is 2.19. The number of aryl methyl sites for hydroxylation is 1. The first kappa shape index (κ1) is 20.8. The normalized spacial score (nSPS) is 10.2. The van der Waals surface area contributed by atoms with Crippen molar-refractivity contribution in [3.05, 3.63) is 90.0 Å². The van der Waals surface area contributed by atoms with Gasteiger partial charge in [0.15, 0.2) is 6.61 Å². The maximum atomic E-state index is 12.2. The third-order valence-corrected chi connectivity index (χ3v) is 4.43. The highest BCUT2D eigenvalue weighted by Gasteiger charge is 2.12. The fourth-order valence-electron chi connectivity index (χ4n) is 2.80. The first-order chi connectivity index (χ1) is 14.5. The van der Waals surface area contributed by atoms with Crippen LogP contribution in [0.2, 0.25) is 0 Å². The monoisotopic (exact) mass is 402 g/mol. The molecule has 152 valence electrons. The summed E-state index contributed by atoms with van der Waals surface area (Å²) in [5.41, 5.74) is 4.04. The van der Waals surface area contributed by atoms with Gasteiger partial charge in [0.2, 0.25) is 0 Å². The van der Waals surface area contributed by atoms with Crippen LogP contribution in [0, 0.1) is 6.92 Å². The molecule has 30 heavy (non-hydrogen) atoms. The average molecular weight is 402 g/mol. The molecule has 0 aliphatic heterocycles. The third-order valence-electron chi connectivity index (χ3n) is 4.43. The van der Waals surface area contributed by atoms with Gasteiger partial charge in [-0.3, -0.25) is 14.4 Å². The van der Waals surface area contributed by atoms with E-state index in [1.54, 1.807) is 24.3 Å². The van der Waals surface area contributed by atoms with Crippen molar-refractivity contribution in [3.8, 4) is 11.1 Å². The summed E-state index contributed by atoms with van der Waals surface area (Å²) in [5.74, 6) is -1.53. The summed E-state index contributed by atoms with van der Waals surface area (Å²) in [6, 6.07) is 24.2. The summed E-state index contributed by atoms with van der Waals surface area (Å²) in [4.78, 5) is 35.9. The lowest BCUT2D eigenvalue weighted by molar-refractivity contribution is -0.146. The molecule has 3 aromatic rings. The van der Waals surface area contributed by atoms with Gasteiger partial charge in [0, 0.05) is 11.3 Å². The van der Waals surface area contributed by atoms with Gasteiger partial charge in [-0.1, -0.05) is 60.7 Å². The summed E-state index contributed by atoms with van der Waals surface area (Å²) in [7, 11) is 0. The van der Waals surface area contributed by atoms with Crippen molar-refractivity contribution in [2.45, 2.75) is 6.92 Å². The second kappa shape index (κ2) is 10.0. The number of carbonyl (C=O) groups excluding carboxylic acids is 3. The lowest BCUT2D eigenvalue weighted by Gasteiger charge is -2.09. The molecule has 0 atom stereocenters. The number of ether oxygens (including phenoxy) is 1. The van der Waals surface area contributed by atoms with Gasteiger partial charge in [0.1, 0.15) is 6.54 Å². The highest BCUT2D eigenvalue weighted by molar-refractivity contribution is 5.97. The van der Waals surface area contributed by atoms with E-state index in [1.165, 1.54) is 0 Å². The number of anilines is 1. The minimum Gasteiger partial charge on any atom is -0.454 e. The van der Waals surface area contributed by atoms with Crippen LogP contribution in [0.5, 0.6) is 0 Å². The van der Waals surface area contributed by atoms with Crippen LogP contribution in [0.25, 0.3) is 11.1 Å². The van der Waals surface area contributed by atoms with Gasteiger partial charge >= 0.3 is 5.97 Å². The Morgan fingerprint density at radius 1 is 0.800 bits per heavy atom. The van der Waals surface area contributed by atoms with Crippen molar-refractivity contribution >= 4 is 23.5 Å². The molecule has 0 unspecified atom stereocenters. The minimum absolute atomic E-state index is 0.323. The molecular weight excluding hydrogens is 380 g/mol. The number of amides is 2. The predicted octanol–water partition coefficient (Wildman–Crippen LogP) is 3.57. The Balaban J connectivity index is 1.43. The van der Waals surface area contributed by atoms with Crippen molar-refractivity contribution in [2.24, 2.45) is 0 Å². The number of carbonyl (C=O) groups is 3. The molecule has 6 heteroatoms. The number of benzene rings is 3. The van der Waals surface area contributed by atoms with Crippen LogP contribution < -0.4 is 10.6 Å². The average Bonchev–Trinajstić information content (AvgIpc) is 2.78. The molecule has 0 bridgehead atoms. The van der Waals surface area contributed by atoms with Gasteiger partial charge in [-0.15, -0.1) is 0 Å². The van der Waals surface area contributed by atoms with E-state index in [2.05, 4.69) is 10.6 Å². The van der Waals surface area contributed by atoms with E-state index in [9.17, 15) is 14.4 Å². The number of rotatable bonds is 7. The van der Waals surface area contributed by atoms with Crippen molar-refractivity contribution in [3.63, 3.8) is 0 Å². The molecular formula is C24H22N2O4. The van der Waals surface area contributed by atoms with Crippen molar-refractivity contribution in [1.29, 1.82) is 0 Å². The highest BCUT2D eigenvalue weighted by atomic mass is 16.5. The lowest BCUT2D eigenvalue weighted by atomic mass is 10.0. The molecule has 0 aliphatic carbocycles. The molecule has 0 saturated heterocycles. The van der Waals surface area contributed by atoms with Crippen LogP contribution in [0.1, 0.15) is 15.9 Å². The molecule has 0 aromatic heterocycles. The number of hydrogen-bond acceptors (Lipinski definition) is 4. The van der Waals surface area contributed by atoms with Crippen molar-refractivity contribution in [1.82, 2.24) is 5.32 Å². The molecule has 0 aliphatic rings. The minimum atomic E-state index is -0.691. The molecule has 0 saturated carbocycles. The zero-order valence-electron chi connectivity index (χ0n) is 16.6. The Kier molecular flexibility index (Phi) is 6.95. The third kappa shape index (κ3) is 5.78. The Hall–Kier alpha value is -3.93. The maximum Gasteiger partial charge on any atom is 0.325 e. The van der Waals surface area contributed by atoms with E-state index in [0.717, 1.165) is 16.7 Å². The van der Waals surface area contributed by atoms with Gasteiger partial charge in [0.05, 0.1) is 0 Å². The van der Waals surface area contributed by atoms with Crippen LogP contribution in [0.3, 0.4) is 0 Å². The zero-order chi connectivity index (χ0) is 21.3. The van der Waals surface area contributed by atoms with Gasteiger partial charge in [-0.25, -0.2) is 0 Å². The number of esters is 1. The van der Waals surface area contributed by atoms with Crippen LogP contribution in [0.4, 0.5) is 5.69 Å². The first-order valence-electron chi connectivity index (χ1n) is 9.48. The standard InChI is InChI=1S/C24H22N2O4/c1-17-7-5-6-10-21(17)26-22(27)16-30-23(28)15-25-24(29)20-13-11-19(12-14-20)18-8-3-2-4-9-18/h2-14H,15-16H2,1H3,(H,25,29)(H,26,27). The van der Waals surface area contributed by atoms with Crippen molar-refractivity contribution in [2.75, 3.05) is 18.5 Å². The Bertz CT molecular complexity index is 1030. The fourth-order valence-corrected chi connectivity index (χ4v) is 2.80. The van der Waals surface area contributed by atoms with E-state index < -0.39 is 24.4 Å². The van der Waals surface area contributed by atoms with E-state index in [4.69, 9.17) is 4.74 Å². The molecule has 3 aromatic carbocycles. The quantitative estimate of drug-likeness (QED) is 0.592. The molecule has 0 spiro atoms. The zero-order valence-corrected chi connectivity index (χ0v) is 16.6. The number of para-hydroxylation sites is 1. The summed E-state index contributed by atoms with van der Waals surface area (Å²) in [6.45, 7) is 1.12. The van der Waals surface area contributed by atoms with Crippen LogP contribution in [0.15, 0.2) is 78.9 Å². The maximum absolute atomic E-state index is 12.2. The Morgan fingerprint density at radius 2 is 1.43 bits per heavy atom. The second-order valence-electron chi connectivity index (χ2n) is 6.65. The predicted molar refractivity (Wildman–Crippen MR) is 115 cm³/mol. The van der Waals surface area contributed by atoms with E-state index in [1.807, 2.05) is 61.5 Å². The summed E-state index contributed by atoms with van der Waals surface area (Å²) in [6.07, 6.45) is 0. The van der Waals surface area contributed by atoms with Gasteiger partial charge in [0.25, 0.3) is 11.8 Å². The molecule has 2 amide bonds. The second-order valence-corrected chi connectivity index (χ2v) is 6.65. The Morgan fingerprint density at radius 3 is 2.13 bits per heavy atom.